The van der Waals surface area contributed by atoms with Crippen molar-refractivity contribution >= 4 is 16.7 Å². The number of aromatic amines is 1. The lowest BCUT2D eigenvalue weighted by atomic mass is 9.90. The van der Waals surface area contributed by atoms with Crippen LogP contribution in [-0.2, 0) is 0 Å². The third kappa shape index (κ3) is 2.33. The number of H-pyrrole nitrogens is 1. The van der Waals surface area contributed by atoms with Crippen LogP contribution in [0.3, 0.4) is 0 Å². The Labute approximate surface area is 108 Å². The van der Waals surface area contributed by atoms with E-state index in [1.807, 2.05) is 24.3 Å². The van der Waals surface area contributed by atoms with Crippen molar-refractivity contribution in [3.05, 3.63) is 29.8 Å². The Hall–Kier alpha value is -1.95. The van der Waals surface area contributed by atoms with Gasteiger partial charge in [-0.2, -0.15) is 5.26 Å². The van der Waals surface area contributed by atoms with Crippen LogP contribution in [0.4, 0.5) is 5.82 Å². The summed E-state index contributed by atoms with van der Waals surface area (Å²) in [4.78, 5) is 3.28. The van der Waals surface area contributed by atoms with Crippen LogP contribution >= 0.6 is 0 Å². The number of anilines is 1. The molecule has 94 valence electrons. The summed E-state index contributed by atoms with van der Waals surface area (Å²) in [5.74, 6) is 0.834. The first-order valence-corrected chi connectivity index (χ1v) is 6.32. The predicted molar refractivity (Wildman–Crippen MR) is 75.6 cm³/mol. The molecule has 0 fully saturated rings. The highest BCUT2D eigenvalue weighted by Crippen LogP contribution is 2.27. The normalized spacial score (nSPS) is 11.4. The lowest BCUT2D eigenvalue weighted by Crippen LogP contribution is -2.22. The number of nitriles is 1. The number of para-hydroxylation sites is 1. The summed E-state index contributed by atoms with van der Waals surface area (Å²) in [5, 5.41) is 13.6. The minimum Gasteiger partial charge on any atom is -0.370 e. The molecule has 0 aliphatic carbocycles. The Morgan fingerprint density at radius 1 is 1.33 bits per heavy atom. The van der Waals surface area contributed by atoms with Crippen LogP contribution in [0.5, 0.6) is 0 Å². The van der Waals surface area contributed by atoms with Crippen LogP contribution in [0.1, 0.15) is 32.8 Å². The zero-order chi connectivity index (χ0) is 13.2. The summed E-state index contributed by atoms with van der Waals surface area (Å²) in [6.45, 7) is 7.46. The largest absolute Gasteiger partial charge is 0.370 e. The highest BCUT2D eigenvalue weighted by atomic mass is 15.0. The molecule has 0 saturated carbocycles. The summed E-state index contributed by atoms with van der Waals surface area (Å²) < 4.78 is 0. The maximum Gasteiger partial charge on any atom is 0.122 e. The van der Waals surface area contributed by atoms with E-state index in [1.54, 1.807) is 0 Å². The molecule has 1 aromatic heterocycles. The van der Waals surface area contributed by atoms with Gasteiger partial charge >= 0.3 is 0 Å². The van der Waals surface area contributed by atoms with Gasteiger partial charge in [0.05, 0.1) is 0 Å². The van der Waals surface area contributed by atoms with Crippen molar-refractivity contribution in [1.82, 2.24) is 4.98 Å². The van der Waals surface area contributed by atoms with Gasteiger partial charge in [-0.05, 0) is 17.9 Å². The van der Waals surface area contributed by atoms with E-state index in [1.165, 1.54) is 0 Å². The van der Waals surface area contributed by atoms with Crippen molar-refractivity contribution in [2.45, 2.75) is 27.2 Å². The molecule has 2 N–H and O–H groups in total. The lowest BCUT2D eigenvalue weighted by molar-refractivity contribution is 0.376. The van der Waals surface area contributed by atoms with Gasteiger partial charge in [-0.1, -0.05) is 39.0 Å². The number of benzene rings is 1. The number of hydrogen-bond acceptors (Lipinski definition) is 2. The van der Waals surface area contributed by atoms with Gasteiger partial charge in [0, 0.05) is 17.4 Å². The molecule has 3 nitrogen and oxygen atoms in total. The number of rotatable bonds is 4. The summed E-state index contributed by atoms with van der Waals surface area (Å²) in [6.07, 6.45) is 1.10. The van der Waals surface area contributed by atoms with Crippen molar-refractivity contribution in [2.24, 2.45) is 5.41 Å². The molecular weight excluding hydrogens is 222 g/mol. The monoisotopic (exact) mass is 241 g/mol. The second-order valence-electron chi connectivity index (χ2n) is 5.40. The van der Waals surface area contributed by atoms with Crippen LogP contribution in [0.2, 0.25) is 0 Å². The number of hydrogen-bond donors (Lipinski definition) is 2. The molecule has 0 amide bonds. The number of fused-ring (bicyclic) bond motifs is 1. The Kier molecular flexibility index (Phi) is 3.29. The molecule has 0 radical (unpaired) electrons. The van der Waals surface area contributed by atoms with Gasteiger partial charge in [0.1, 0.15) is 17.5 Å². The standard InChI is InChI=1S/C15H19N3/c1-4-15(2,3)10-17-14-12(9-16)11-7-5-6-8-13(11)18-14/h5-8,17-18H,4,10H2,1-3H3. The van der Waals surface area contributed by atoms with Gasteiger partial charge in [-0.15, -0.1) is 0 Å². The highest BCUT2D eigenvalue weighted by molar-refractivity contribution is 5.91. The summed E-state index contributed by atoms with van der Waals surface area (Å²) >= 11 is 0. The lowest BCUT2D eigenvalue weighted by Gasteiger charge is -2.23. The van der Waals surface area contributed by atoms with Gasteiger partial charge in [-0.25, -0.2) is 0 Å². The first-order valence-electron chi connectivity index (χ1n) is 6.32. The van der Waals surface area contributed by atoms with Crippen molar-refractivity contribution in [2.75, 3.05) is 11.9 Å². The van der Waals surface area contributed by atoms with Crippen LogP contribution in [0.25, 0.3) is 10.9 Å². The van der Waals surface area contributed by atoms with E-state index in [-0.39, 0.29) is 5.41 Å². The van der Waals surface area contributed by atoms with Gasteiger partial charge in [0.15, 0.2) is 0 Å². The van der Waals surface area contributed by atoms with E-state index in [4.69, 9.17) is 0 Å². The minimum absolute atomic E-state index is 0.226. The quantitative estimate of drug-likeness (QED) is 0.853. The van der Waals surface area contributed by atoms with Crippen LogP contribution in [-0.4, -0.2) is 11.5 Å². The predicted octanol–water partition coefficient (Wildman–Crippen LogP) is 3.89. The van der Waals surface area contributed by atoms with Crippen molar-refractivity contribution < 1.29 is 0 Å². The molecule has 3 heteroatoms. The zero-order valence-corrected chi connectivity index (χ0v) is 11.2. The number of nitrogens with one attached hydrogen (secondary N) is 2. The average Bonchev–Trinajstić information content (AvgIpc) is 2.74. The summed E-state index contributed by atoms with van der Waals surface area (Å²) in [7, 11) is 0. The maximum atomic E-state index is 9.28. The van der Waals surface area contributed by atoms with Gasteiger partial charge in [-0.3, -0.25) is 0 Å². The van der Waals surface area contributed by atoms with E-state index < -0.39 is 0 Å². The molecule has 0 unspecified atom stereocenters. The molecular formula is C15H19N3. The van der Waals surface area contributed by atoms with Gasteiger partial charge in [0.25, 0.3) is 0 Å². The molecule has 2 aromatic rings. The third-order valence-corrected chi connectivity index (χ3v) is 3.52. The topological polar surface area (TPSA) is 51.6 Å². The summed E-state index contributed by atoms with van der Waals surface area (Å²) in [6, 6.07) is 10.2. The molecule has 2 rings (SSSR count). The molecule has 0 aliphatic heterocycles. The Balaban J connectivity index is 2.31. The highest BCUT2D eigenvalue weighted by Gasteiger charge is 2.17. The molecule has 18 heavy (non-hydrogen) atoms. The fraction of sp³-hybridized carbons (Fsp3) is 0.400. The van der Waals surface area contributed by atoms with Crippen molar-refractivity contribution in [3.63, 3.8) is 0 Å². The molecule has 0 atom stereocenters. The first kappa shape index (κ1) is 12.5. The second-order valence-corrected chi connectivity index (χ2v) is 5.40. The fourth-order valence-electron chi connectivity index (χ4n) is 1.84. The van der Waals surface area contributed by atoms with Crippen LogP contribution < -0.4 is 5.32 Å². The first-order chi connectivity index (χ1) is 8.57. The smallest absolute Gasteiger partial charge is 0.122 e. The zero-order valence-electron chi connectivity index (χ0n) is 11.2. The van der Waals surface area contributed by atoms with Gasteiger partial charge < -0.3 is 10.3 Å². The van der Waals surface area contributed by atoms with E-state index >= 15 is 0 Å². The Bertz CT molecular complexity index is 587. The molecule has 0 bridgehead atoms. The molecule has 0 aliphatic rings. The fourth-order valence-corrected chi connectivity index (χ4v) is 1.84. The van der Waals surface area contributed by atoms with E-state index in [9.17, 15) is 5.26 Å². The second kappa shape index (κ2) is 4.73. The van der Waals surface area contributed by atoms with Crippen LogP contribution in [0, 0.1) is 16.7 Å². The van der Waals surface area contributed by atoms with Crippen molar-refractivity contribution in [1.29, 1.82) is 5.26 Å². The molecule has 0 saturated heterocycles. The Morgan fingerprint density at radius 3 is 2.72 bits per heavy atom. The maximum absolute atomic E-state index is 9.28. The third-order valence-electron chi connectivity index (χ3n) is 3.52. The number of aromatic nitrogens is 1. The van der Waals surface area contributed by atoms with Crippen molar-refractivity contribution in [3.8, 4) is 6.07 Å². The van der Waals surface area contributed by atoms with E-state index in [2.05, 4.69) is 37.1 Å². The SMILES string of the molecule is CCC(C)(C)CNc1[nH]c2ccccc2c1C#N. The number of nitrogens with zero attached hydrogens (tertiary/aromatic N) is 1. The molecule has 1 heterocycles. The van der Waals surface area contributed by atoms with Crippen LogP contribution in [0.15, 0.2) is 24.3 Å². The minimum atomic E-state index is 0.226. The summed E-state index contributed by atoms with van der Waals surface area (Å²) in [5.41, 5.74) is 1.94. The van der Waals surface area contributed by atoms with E-state index in [0.29, 0.717) is 5.56 Å². The van der Waals surface area contributed by atoms with E-state index in [0.717, 1.165) is 29.7 Å². The molecule has 0 spiro atoms. The van der Waals surface area contributed by atoms with Gasteiger partial charge in [0.2, 0.25) is 0 Å². The average molecular weight is 241 g/mol. The molecule has 1 aromatic carbocycles. The Morgan fingerprint density at radius 2 is 2.06 bits per heavy atom.